The molecule has 0 amide bonds. The van der Waals surface area contributed by atoms with Crippen LogP contribution >= 0.6 is 0 Å². The van der Waals surface area contributed by atoms with E-state index in [1.165, 1.54) is 96.4 Å². The number of quaternary nitrogens is 1. The molecule has 0 atom stereocenters. The summed E-state index contributed by atoms with van der Waals surface area (Å²) in [5.74, 6) is 0. The second kappa shape index (κ2) is 18.7. The molecule has 3 heteroatoms. The highest BCUT2D eigenvalue weighted by molar-refractivity contribution is 4.55. The quantitative estimate of drug-likeness (QED) is 0.307. The summed E-state index contributed by atoms with van der Waals surface area (Å²) in [6, 6.07) is 0. The number of rotatable bonds is 15. The first-order valence-electron chi connectivity index (χ1n) is 11.3. The molecule has 3 nitrogen and oxygen atoms in total. The summed E-state index contributed by atoms with van der Waals surface area (Å²) in [6.45, 7) is 6.90. The van der Waals surface area contributed by atoms with Crippen molar-refractivity contribution in [2.45, 2.75) is 96.8 Å². The molecule has 0 radical (unpaired) electrons. The minimum atomic E-state index is 1.00. The largest absolute Gasteiger partial charge is 0.331 e. The van der Waals surface area contributed by atoms with Crippen LogP contribution in [0.25, 0.3) is 0 Å². The van der Waals surface area contributed by atoms with Crippen LogP contribution in [-0.2, 0) is 0 Å². The predicted octanol–water partition coefficient (Wildman–Crippen LogP) is 5.31. The lowest BCUT2D eigenvalue weighted by Gasteiger charge is -2.23. The summed E-state index contributed by atoms with van der Waals surface area (Å²) < 4.78 is 1.12. The molecule has 0 aromatic carbocycles. The molecule has 0 bridgehead atoms. The van der Waals surface area contributed by atoms with Crippen LogP contribution in [0.1, 0.15) is 96.8 Å². The number of unbranched alkanes of at least 4 members (excludes halogenated alkanes) is 13. The van der Waals surface area contributed by atoms with Gasteiger partial charge in [0.25, 0.3) is 0 Å². The Labute approximate surface area is 159 Å². The minimum Gasteiger partial charge on any atom is -0.331 e. The third-order valence-corrected chi connectivity index (χ3v) is 4.91. The molecule has 0 aliphatic carbocycles. The molecule has 1 saturated heterocycles. The van der Waals surface area contributed by atoms with Crippen LogP contribution in [0.3, 0.4) is 0 Å². The van der Waals surface area contributed by atoms with Gasteiger partial charge in [-0.25, -0.2) is 0 Å². The van der Waals surface area contributed by atoms with Crippen LogP contribution in [0.15, 0.2) is 0 Å². The SMILES string of the molecule is C1CNCN1.CCCCCCCCCCCCCCCC[N+](C)(C)C. The molecule has 25 heavy (non-hydrogen) atoms. The zero-order valence-electron chi connectivity index (χ0n) is 18.2. The smallest absolute Gasteiger partial charge is 0.0780 e. The van der Waals surface area contributed by atoms with Crippen molar-refractivity contribution in [3.05, 3.63) is 0 Å². The van der Waals surface area contributed by atoms with E-state index < -0.39 is 0 Å². The number of hydrogen-bond acceptors (Lipinski definition) is 2. The third-order valence-electron chi connectivity index (χ3n) is 4.91. The maximum atomic E-state index is 3.11. The van der Waals surface area contributed by atoms with Crippen molar-refractivity contribution in [1.29, 1.82) is 0 Å². The van der Waals surface area contributed by atoms with Gasteiger partial charge < -0.3 is 15.1 Å². The highest BCUT2D eigenvalue weighted by Crippen LogP contribution is 2.13. The van der Waals surface area contributed by atoms with Crippen LogP contribution in [0.4, 0.5) is 0 Å². The van der Waals surface area contributed by atoms with E-state index >= 15 is 0 Å². The third kappa shape index (κ3) is 23.9. The Morgan fingerprint density at radius 2 is 0.920 bits per heavy atom. The van der Waals surface area contributed by atoms with Gasteiger partial charge >= 0.3 is 0 Å². The molecule has 0 aromatic rings. The van der Waals surface area contributed by atoms with Gasteiger partial charge in [0, 0.05) is 19.8 Å². The maximum absolute atomic E-state index is 3.11. The second-order valence-electron chi connectivity index (χ2n) is 8.79. The van der Waals surface area contributed by atoms with Crippen molar-refractivity contribution in [2.75, 3.05) is 47.4 Å². The molecule has 0 unspecified atom stereocenters. The predicted molar refractivity (Wildman–Crippen MR) is 114 cm³/mol. The van der Waals surface area contributed by atoms with E-state index in [-0.39, 0.29) is 0 Å². The van der Waals surface area contributed by atoms with Crippen LogP contribution in [0, 0.1) is 0 Å². The molecule has 0 aromatic heterocycles. The Morgan fingerprint density at radius 1 is 0.560 bits per heavy atom. The van der Waals surface area contributed by atoms with Gasteiger partial charge in [0.05, 0.1) is 27.7 Å². The highest BCUT2D eigenvalue weighted by atomic mass is 15.3. The summed E-state index contributed by atoms with van der Waals surface area (Å²) in [4.78, 5) is 0. The molecule has 1 rings (SSSR count). The van der Waals surface area contributed by atoms with Crippen LogP contribution in [0.5, 0.6) is 0 Å². The molecular weight excluding hydrogens is 306 g/mol. The van der Waals surface area contributed by atoms with E-state index in [9.17, 15) is 0 Å². The molecular formula is C22H50N3+. The molecule has 1 heterocycles. The van der Waals surface area contributed by atoms with E-state index in [0.29, 0.717) is 0 Å². The van der Waals surface area contributed by atoms with Gasteiger partial charge in [-0.3, -0.25) is 0 Å². The molecule has 0 spiro atoms. The Bertz CT molecular complexity index is 237. The topological polar surface area (TPSA) is 24.1 Å². The van der Waals surface area contributed by atoms with E-state index in [0.717, 1.165) is 24.2 Å². The van der Waals surface area contributed by atoms with Gasteiger partial charge in [-0.15, -0.1) is 0 Å². The Balaban J connectivity index is 0.000000972. The first-order chi connectivity index (χ1) is 12.1. The summed E-state index contributed by atoms with van der Waals surface area (Å²) in [6.07, 6.45) is 20.4. The summed E-state index contributed by atoms with van der Waals surface area (Å²) in [5.41, 5.74) is 0. The lowest BCUT2D eigenvalue weighted by atomic mass is 10.0. The number of nitrogens with zero attached hydrogens (tertiary/aromatic N) is 1. The zero-order chi connectivity index (χ0) is 18.6. The minimum absolute atomic E-state index is 1.00. The molecule has 1 fully saturated rings. The monoisotopic (exact) mass is 356 g/mol. The Hall–Kier alpha value is -0.120. The van der Waals surface area contributed by atoms with Crippen molar-refractivity contribution in [1.82, 2.24) is 10.6 Å². The van der Waals surface area contributed by atoms with Crippen molar-refractivity contribution in [3.63, 3.8) is 0 Å². The van der Waals surface area contributed by atoms with E-state index in [1.807, 2.05) is 0 Å². The van der Waals surface area contributed by atoms with Gasteiger partial charge in [-0.05, 0) is 12.8 Å². The first kappa shape index (κ1) is 24.9. The van der Waals surface area contributed by atoms with Gasteiger partial charge in [0.2, 0.25) is 0 Å². The molecule has 2 N–H and O–H groups in total. The average Bonchev–Trinajstić information content (AvgIpc) is 3.14. The summed E-state index contributed by atoms with van der Waals surface area (Å²) in [7, 11) is 6.88. The van der Waals surface area contributed by atoms with Gasteiger partial charge in [0.15, 0.2) is 0 Å². The average molecular weight is 357 g/mol. The lowest BCUT2D eigenvalue weighted by molar-refractivity contribution is -0.870. The molecule has 0 saturated carbocycles. The van der Waals surface area contributed by atoms with E-state index in [4.69, 9.17) is 0 Å². The van der Waals surface area contributed by atoms with Gasteiger partial charge in [-0.1, -0.05) is 84.0 Å². The Kier molecular flexibility index (Phi) is 18.6. The van der Waals surface area contributed by atoms with Crippen LogP contribution < -0.4 is 10.6 Å². The molecule has 1 aliphatic rings. The maximum Gasteiger partial charge on any atom is 0.0780 e. The normalized spacial score (nSPS) is 14.4. The first-order valence-corrected chi connectivity index (χ1v) is 11.3. The standard InChI is InChI=1S/C19H42N.C3H8N2/c1-5-6-7-8-9-10-11-12-13-14-15-16-17-18-19-20(2,3)4;1-2-5-3-4-1/h5-19H2,1-4H3;4-5H,1-3H2/q+1;. The second-order valence-corrected chi connectivity index (χ2v) is 8.79. The number of hydrogen-bond donors (Lipinski definition) is 2. The highest BCUT2D eigenvalue weighted by Gasteiger charge is 2.04. The van der Waals surface area contributed by atoms with E-state index in [2.05, 4.69) is 38.7 Å². The molecule has 152 valence electrons. The van der Waals surface area contributed by atoms with Crippen molar-refractivity contribution >= 4 is 0 Å². The fourth-order valence-corrected chi connectivity index (χ4v) is 3.22. The van der Waals surface area contributed by atoms with Crippen LogP contribution in [-0.4, -0.2) is 51.9 Å². The molecule has 1 aliphatic heterocycles. The zero-order valence-corrected chi connectivity index (χ0v) is 18.2. The van der Waals surface area contributed by atoms with Crippen molar-refractivity contribution in [3.8, 4) is 0 Å². The summed E-state index contributed by atoms with van der Waals surface area (Å²) >= 11 is 0. The summed E-state index contributed by atoms with van der Waals surface area (Å²) in [5, 5.41) is 6.22. The van der Waals surface area contributed by atoms with Gasteiger partial charge in [0.1, 0.15) is 0 Å². The van der Waals surface area contributed by atoms with Crippen molar-refractivity contribution in [2.24, 2.45) is 0 Å². The lowest BCUT2D eigenvalue weighted by Crippen LogP contribution is -2.35. The van der Waals surface area contributed by atoms with Crippen LogP contribution in [0.2, 0.25) is 0 Å². The fraction of sp³-hybridized carbons (Fsp3) is 1.00. The van der Waals surface area contributed by atoms with E-state index in [1.54, 1.807) is 0 Å². The number of nitrogens with one attached hydrogen (secondary N) is 2. The van der Waals surface area contributed by atoms with Gasteiger partial charge in [-0.2, -0.15) is 0 Å². The van der Waals surface area contributed by atoms with Crippen molar-refractivity contribution < 1.29 is 4.48 Å². The fourth-order valence-electron chi connectivity index (χ4n) is 3.22. The Morgan fingerprint density at radius 3 is 1.20 bits per heavy atom.